The fourth-order valence-electron chi connectivity index (χ4n) is 2.49. The Morgan fingerprint density at radius 2 is 1.30 bits per heavy atom. The highest BCUT2D eigenvalue weighted by Crippen LogP contribution is 2.14. The van der Waals surface area contributed by atoms with Gasteiger partial charge in [-0.15, -0.1) is 0 Å². The van der Waals surface area contributed by atoms with Gasteiger partial charge in [-0.25, -0.2) is 10.6 Å². The number of benzene rings is 3. The molecule has 3 aromatic rings. The number of hydrogen-bond acceptors (Lipinski definition) is 9. The van der Waals surface area contributed by atoms with Crippen LogP contribution in [0.15, 0.2) is 84.9 Å². The van der Waals surface area contributed by atoms with Crippen molar-refractivity contribution in [2.24, 2.45) is 11.6 Å². The molecule has 7 N–H and O–H groups in total. The highest BCUT2D eigenvalue weighted by Gasteiger charge is 2.12. The summed E-state index contributed by atoms with van der Waals surface area (Å²) in [5, 5.41) is 2.46. The average molecular weight is 508 g/mol. The van der Waals surface area contributed by atoms with Crippen LogP contribution in [-0.2, 0) is 25.7 Å². The molecular formula is C25H25N5O7. The first-order valence-electron chi connectivity index (χ1n) is 10.7. The minimum absolute atomic E-state index is 0.192. The summed E-state index contributed by atoms with van der Waals surface area (Å²) in [6.45, 7) is -0.127. The number of hydrazine groups is 1. The minimum Gasteiger partial charge on any atom is -0.423 e. The molecule has 0 atom stereocenters. The van der Waals surface area contributed by atoms with Gasteiger partial charge in [-0.2, -0.15) is 5.48 Å². The molecule has 3 aromatic carbocycles. The van der Waals surface area contributed by atoms with Gasteiger partial charge in [-0.3, -0.25) is 24.6 Å². The summed E-state index contributed by atoms with van der Waals surface area (Å²) >= 11 is 0. The van der Waals surface area contributed by atoms with Crippen molar-refractivity contribution < 1.29 is 33.5 Å². The molecule has 0 spiro atoms. The van der Waals surface area contributed by atoms with Crippen LogP contribution in [0.25, 0.3) is 0 Å². The fraction of sp³-hybridized carbons (Fsp3) is 0.0800. The van der Waals surface area contributed by atoms with Gasteiger partial charge in [-0.1, -0.05) is 48.5 Å². The van der Waals surface area contributed by atoms with Gasteiger partial charge >= 0.3 is 17.8 Å². The van der Waals surface area contributed by atoms with Crippen LogP contribution in [0.2, 0.25) is 0 Å². The van der Waals surface area contributed by atoms with E-state index >= 15 is 0 Å². The van der Waals surface area contributed by atoms with Gasteiger partial charge in [0.1, 0.15) is 5.75 Å². The van der Waals surface area contributed by atoms with Crippen molar-refractivity contribution in [1.29, 1.82) is 0 Å². The third-order valence-corrected chi connectivity index (χ3v) is 4.38. The van der Waals surface area contributed by atoms with E-state index in [1.54, 1.807) is 84.3 Å². The van der Waals surface area contributed by atoms with Crippen molar-refractivity contribution in [3.05, 3.63) is 96.1 Å². The van der Waals surface area contributed by atoms with Crippen LogP contribution < -0.4 is 37.4 Å². The van der Waals surface area contributed by atoms with Gasteiger partial charge in [0.15, 0.2) is 5.75 Å². The standard InChI is InChI=1S/C17H16N2O4.C8H9N3O3/c18-10-15(20)16(21)19-11-12-6-8-14(9-7-12)23-17(22)13-4-2-1-3-5-13;9-10-7(12)8(13)11-14-6-4-2-1-3-5-6/h1-9H,10-11,18H2,(H,19,21);1-5H,9H2,(H,10,12)(H,11,13). The number of ketones is 1. The highest BCUT2D eigenvalue weighted by atomic mass is 16.7. The molecule has 0 aliphatic rings. The molecule has 0 saturated heterocycles. The zero-order valence-electron chi connectivity index (χ0n) is 19.5. The summed E-state index contributed by atoms with van der Waals surface area (Å²) in [5.74, 6) is 1.78. The number of carbonyl (C=O) groups excluding carboxylic acids is 5. The first-order chi connectivity index (χ1) is 17.8. The van der Waals surface area contributed by atoms with E-state index in [9.17, 15) is 24.0 Å². The Morgan fingerprint density at radius 3 is 1.86 bits per heavy atom. The zero-order chi connectivity index (χ0) is 27.0. The van der Waals surface area contributed by atoms with Crippen LogP contribution in [0.1, 0.15) is 15.9 Å². The van der Waals surface area contributed by atoms with E-state index in [0.717, 1.165) is 5.56 Å². The minimum atomic E-state index is -0.971. The van der Waals surface area contributed by atoms with Gasteiger partial charge < -0.3 is 20.6 Å². The van der Waals surface area contributed by atoms with Gasteiger partial charge in [-0.05, 0) is 42.0 Å². The number of esters is 1. The van der Waals surface area contributed by atoms with E-state index in [1.807, 2.05) is 11.5 Å². The molecule has 0 saturated carbocycles. The molecule has 0 bridgehead atoms. The maximum atomic E-state index is 11.9. The molecule has 3 rings (SSSR count). The zero-order valence-corrected chi connectivity index (χ0v) is 19.5. The van der Waals surface area contributed by atoms with Crippen molar-refractivity contribution in [3.8, 4) is 11.5 Å². The van der Waals surface area contributed by atoms with Crippen molar-refractivity contribution in [2.45, 2.75) is 6.54 Å². The lowest BCUT2D eigenvalue weighted by atomic mass is 10.2. The Kier molecular flexibility index (Phi) is 11.4. The van der Waals surface area contributed by atoms with Crippen molar-refractivity contribution in [1.82, 2.24) is 16.2 Å². The third kappa shape index (κ3) is 9.98. The fourth-order valence-corrected chi connectivity index (χ4v) is 2.49. The number of ether oxygens (including phenoxy) is 1. The van der Waals surface area contributed by atoms with E-state index in [2.05, 4.69) is 5.32 Å². The second-order valence-corrected chi connectivity index (χ2v) is 7.03. The summed E-state index contributed by atoms with van der Waals surface area (Å²) in [5.41, 5.74) is 9.91. The molecule has 3 amide bonds. The molecule has 0 fully saturated rings. The van der Waals surface area contributed by atoms with E-state index < -0.39 is 29.5 Å². The molecule has 0 heterocycles. The van der Waals surface area contributed by atoms with E-state index in [0.29, 0.717) is 17.1 Å². The van der Waals surface area contributed by atoms with Crippen LogP contribution in [0.3, 0.4) is 0 Å². The molecule has 37 heavy (non-hydrogen) atoms. The summed E-state index contributed by atoms with van der Waals surface area (Å²) in [7, 11) is 0. The summed E-state index contributed by atoms with van der Waals surface area (Å²) in [6, 6.07) is 23.8. The highest BCUT2D eigenvalue weighted by molar-refractivity contribution is 6.36. The van der Waals surface area contributed by atoms with Gasteiger partial charge in [0.25, 0.3) is 5.91 Å². The molecule has 0 unspecified atom stereocenters. The van der Waals surface area contributed by atoms with Gasteiger partial charge in [0.05, 0.1) is 12.1 Å². The average Bonchev–Trinajstić information content (AvgIpc) is 2.95. The van der Waals surface area contributed by atoms with Crippen LogP contribution in [0.5, 0.6) is 11.5 Å². The summed E-state index contributed by atoms with van der Waals surface area (Å²) < 4.78 is 5.24. The first kappa shape index (κ1) is 28.2. The lowest BCUT2D eigenvalue weighted by Crippen LogP contribution is -2.44. The van der Waals surface area contributed by atoms with Crippen LogP contribution in [-0.4, -0.2) is 36.0 Å². The summed E-state index contributed by atoms with van der Waals surface area (Å²) in [4.78, 5) is 60.4. The van der Waals surface area contributed by atoms with Crippen molar-refractivity contribution in [2.75, 3.05) is 6.54 Å². The van der Waals surface area contributed by atoms with Crippen LogP contribution in [0.4, 0.5) is 0 Å². The Balaban J connectivity index is 0.000000294. The van der Waals surface area contributed by atoms with Gasteiger partial charge in [0, 0.05) is 6.54 Å². The quantitative estimate of drug-likeness (QED) is 0.0704. The smallest absolute Gasteiger partial charge is 0.343 e. The Labute approximate surface area is 211 Å². The Morgan fingerprint density at radius 1 is 0.703 bits per heavy atom. The molecule has 0 aliphatic carbocycles. The molecule has 0 radical (unpaired) electrons. The first-order valence-corrected chi connectivity index (χ1v) is 10.7. The van der Waals surface area contributed by atoms with Gasteiger partial charge in [0.2, 0.25) is 5.78 Å². The lowest BCUT2D eigenvalue weighted by molar-refractivity contribution is -0.143. The van der Waals surface area contributed by atoms with Crippen molar-refractivity contribution >= 4 is 29.5 Å². The second-order valence-electron chi connectivity index (χ2n) is 7.03. The van der Waals surface area contributed by atoms with E-state index in [4.69, 9.17) is 21.2 Å². The largest absolute Gasteiger partial charge is 0.423 e. The normalized spacial score (nSPS) is 9.57. The molecular weight excluding hydrogens is 482 g/mol. The maximum absolute atomic E-state index is 11.9. The van der Waals surface area contributed by atoms with Crippen molar-refractivity contribution in [3.63, 3.8) is 0 Å². The number of nitrogens with two attached hydrogens (primary N) is 2. The van der Waals surface area contributed by atoms with E-state index in [-0.39, 0.29) is 13.1 Å². The number of rotatable bonds is 8. The monoisotopic (exact) mass is 507 g/mol. The number of para-hydroxylation sites is 1. The Hall–Kier alpha value is -5.07. The SMILES string of the molecule is NCC(=O)C(=O)NCc1ccc(OC(=O)c2ccccc2)cc1.NNC(=O)C(=O)NOc1ccccc1. The lowest BCUT2D eigenvalue weighted by Gasteiger charge is -2.07. The molecule has 12 nitrogen and oxygen atoms in total. The van der Waals surface area contributed by atoms with Crippen LogP contribution in [0, 0.1) is 0 Å². The topological polar surface area (TPSA) is 192 Å². The maximum Gasteiger partial charge on any atom is 0.343 e. The number of Topliss-reactive ketones (excluding diaryl/α,β-unsaturated/α-hetero) is 1. The predicted octanol–water partition coefficient (Wildman–Crippen LogP) is 0.136. The van der Waals surface area contributed by atoms with Crippen LogP contribution >= 0.6 is 0 Å². The molecule has 192 valence electrons. The third-order valence-electron chi connectivity index (χ3n) is 4.38. The molecule has 0 aliphatic heterocycles. The number of hydrogen-bond donors (Lipinski definition) is 5. The summed E-state index contributed by atoms with van der Waals surface area (Å²) in [6.07, 6.45) is 0. The molecule has 0 aromatic heterocycles. The number of hydroxylamine groups is 1. The van der Waals surface area contributed by atoms with E-state index in [1.165, 1.54) is 0 Å². The predicted molar refractivity (Wildman–Crippen MR) is 131 cm³/mol. The second kappa shape index (κ2) is 15.0. The molecule has 12 heteroatoms. The number of amides is 3. The number of nitrogens with one attached hydrogen (secondary N) is 3. The Bertz CT molecular complexity index is 1200. The number of carbonyl (C=O) groups is 5.